The Kier molecular flexibility index (Phi) is 5.64. The lowest BCUT2D eigenvalue weighted by Gasteiger charge is -2.08. The molecule has 0 unspecified atom stereocenters. The Morgan fingerprint density at radius 1 is 1.04 bits per heavy atom. The van der Waals surface area contributed by atoms with Crippen molar-refractivity contribution in [2.45, 2.75) is 19.8 Å². The highest BCUT2D eigenvalue weighted by Crippen LogP contribution is 2.18. The molecule has 0 atom stereocenters. The number of rotatable bonds is 6. The van der Waals surface area contributed by atoms with E-state index in [-0.39, 0.29) is 12.5 Å². The van der Waals surface area contributed by atoms with E-state index in [1.165, 1.54) is 5.56 Å². The number of carbonyl (C=O) groups excluding carboxylic acids is 1. The molecule has 0 radical (unpaired) electrons. The molecule has 0 bridgehead atoms. The minimum Gasteiger partial charge on any atom is -0.484 e. The second kappa shape index (κ2) is 8.30. The van der Waals surface area contributed by atoms with Crippen LogP contribution in [0.5, 0.6) is 5.75 Å². The third-order valence-corrected chi connectivity index (χ3v) is 4.13. The van der Waals surface area contributed by atoms with Gasteiger partial charge in [0.15, 0.2) is 6.61 Å². The number of carbonyl (C=O) groups is 1. The van der Waals surface area contributed by atoms with Gasteiger partial charge in [0, 0.05) is 5.56 Å². The van der Waals surface area contributed by atoms with E-state index in [0.717, 1.165) is 16.3 Å². The molecule has 3 aromatic rings. The monoisotopic (exact) mass is 346 g/mol. The zero-order valence-corrected chi connectivity index (χ0v) is 15.0. The van der Waals surface area contributed by atoms with Gasteiger partial charge in [0.2, 0.25) is 0 Å². The molecule has 132 valence electrons. The van der Waals surface area contributed by atoms with Crippen LogP contribution in [0.4, 0.5) is 0 Å². The van der Waals surface area contributed by atoms with E-state index in [9.17, 15) is 4.79 Å². The van der Waals surface area contributed by atoms with Gasteiger partial charge in [0.05, 0.1) is 6.21 Å². The minimum absolute atomic E-state index is 0.0755. The summed E-state index contributed by atoms with van der Waals surface area (Å²) in [5.41, 5.74) is 4.69. The van der Waals surface area contributed by atoms with Gasteiger partial charge in [-0.2, -0.15) is 5.10 Å². The van der Waals surface area contributed by atoms with Gasteiger partial charge in [-0.3, -0.25) is 4.79 Å². The van der Waals surface area contributed by atoms with Crippen LogP contribution >= 0.6 is 0 Å². The van der Waals surface area contributed by atoms with E-state index in [0.29, 0.717) is 11.7 Å². The number of hydrazone groups is 1. The normalized spacial score (nSPS) is 11.2. The highest BCUT2D eigenvalue weighted by atomic mass is 16.5. The second-order valence-corrected chi connectivity index (χ2v) is 6.37. The first kappa shape index (κ1) is 17.7. The van der Waals surface area contributed by atoms with Gasteiger partial charge in [-0.15, -0.1) is 0 Å². The minimum atomic E-state index is -0.297. The van der Waals surface area contributed by atoms with Crippen LogP contribution < -0.4 is 10.2 Å². The van der Waals surface area contributed by atoms with Crippen LogP contribution in [0.2, 0.25) is 0 Å². The van der Waals surface area contributed by atoms with Gasteiger partial charge < -0.3 is 4.74 Å². The summed E-state index contributed by atoms with van der Waals surface area (Å²) < 4.78 is 5.49. The van der Waals surface area contributed by atoms with Crippen LogP contribution in [0.1, 0.15) is 30.9 Å². The van der Waals surface area contributed by atoms with E-state index in [4.69, 9.17) is 4.74 Å². The van der Waals surface area contributed by atoms with Crippen molar-refractivity contribution in [3.63, 3.8) is 0 Å². The number of ether oxygens (including phenoxy) is 1. The molecule has 26 heavy (non-hydrogen) atoms. The third kappa shape index (κ3) is 4.48. The quantitative estimate of drug-likeness (QED) is 0.528. The number of hydrogen-bond donors (Lipinski definition) is 1. The lowest BCUT2D eigenvalue weighted by molar-refractivity contribution is -0.123. The average Bonchev–Trinajstić information content (AvgIpc) is 2.67. The number of fused-ring (bicyclic) bond motifs is 1. The number of amides is 1. The Labute approximate surface area is 153 Å². The first-order chi connectivity index (χ1) is 12.6. The standard InChI is InChI=1S/C22H22N2O2/c1-16(2)17-10-12-20(13-11-17)26-15-22(25)24-23-14-19-8-5-7-18-6-3-4-9-21(18)19/h3-14,16H,15H2,1-2H3,(H,24,25)/b23-14+. The largest absolute Gasteiger partial charge is 0.484 e. The van der Waals surface area contributed by atoms with Gasteiger partial charge in [-0.05, 0) is 34.4 Å². The van der Waals surface area contributed by atoms with E-state index in [2.05, 4.69) is 24.4 Å². The molecule has 0 aromatic heterocycles. The Morgan fingerprint density at radius 3 is 2.54 bits per heavy atom. The summed E-state index contributed by atoms with van der Waals surface area (Å²) in [6.45, 7) is 4.20. The molecule has 0 aliphatic heterocycles. The van der Waals surface area contributed by atoms with Crippen LogP contribution in [-0.4, -0.2) is 18.7 Å². The Bertz CT molecular complexity index is 910. The van der Waals surface area contributed by atoms with Crippen LogP contribution in [0.15, 0.2) is 71.8 Å². The SMILES string of the molecule is CC(C)c1ccc(OCC(=O)N/N=C/c2cccc3ccccc23)cc1. The third-order valence-electron chi connectivity index (χ3n) is 4.13. The fourth-order valence-corrected chi connectivity index (χ4v) is 2.67. The van der Waals surface area contributed by atoms with Crippen molar-refractivity contribution in [1.82, 2.24) is 5.43 Å². The lowest BCUT2D eigenvalue weighted by atomic mass is 10.0. The predicted molar refractivity (Wildman–Crippen MR) is 106 cm³/mol. The number of nitrogens with one attached hydrogen (secondary N) is 1. The first-order valence-electron chi connectivity index (χ1n) is 8.66. The molecule has 0 heterocycles. The van der Waals surface area contributed by atoms with Crippen LogP contribution in [-0.2, 0) is 4.79 Å². The summed E-state index contributed by atoms with van der Waals surface area (Å²) in [4.78, 5) is 11.9. The van der Waals surface area contributed by atoms with E-state index in [1.807, 2.05) is 66.7 Å². The molecular formula is C22H22N2O2. The smallest absolute Gasteiger partial charge is 0.277 e. The zero-order valence-electron chi connectivity index (χ0n) is 15.0. The number of hydrogen-bond acceptors (Lipinski definition) is 3. The molecule has 0 saturated heterocycles. The molecule has 0 aliphatic rings. The van der Waals surface area contributed by atoms with Gasteiger partial charge in [0.1, 0.15) is 5.75 Å². The highest BCUT2D eigenvalue weighted by molar-refractivity contribution is 5.99. The van der Waals surface area contributed by atoms with Crippen molar-refractivity contribution in [3.05, 3.63) is 77.9 Å². The summed E-state index contributed by atoms with van der Waals surface area (Å²) in [7, 11) is 0. The molecule has 1 N–H and O–H groups in total. The zero-order chi connectivity index (χ0) is 18.4. The molecule has 3 aromatic carbocycles. The molecule has 1 amide bonds. The van der Waals surface area contributed by atoms with E-state index in [1.54, 1.807) is 6.21 Å². The Hall–Kier alpha value is -3.14. The fourth-order valence-electron chi connectivity index (χ4n) is 2.67. The molecule has 0 saturated carbocycles. The summed E-state index contributed by atoms with van der Waals surface area (Å²) in [5.74, 6) is 0.841. The van der Waals surface area contributed by atoms with Crippen molar-refractivity contribution in [2.75, 3.05) is 6.61 Å². The van der Waals surface area contributed by atoms with Crippen LogP contribution in [0.25, 0.3) is 10.8 Å². The van der Waals surface area contributed by atoms with Gasteiger partial charge in [0.25, 0.3) is 5.91 Å². The van der Waals surface area contributed by atoms with Crippen molar-refractivity contribution >= 4 is 22.9 Å². The Morgan fingerprint density at radius 2 is 1.77 bits per heavy atom. The summed E-state index contributed by atoms with van der Waals surface area (Å²) in [6, 6.07) is 21.8. The molecule has 0 spiro atoms. The number of nitrogens with zero attached hydrogens (tertiary/aromatic N) is 1. The summed E-state index contributed by atoms with van der Waals surface area (Å²) in [6.07, 6.45) is 1.65. The fraction of sp³-hybridized carbons (Fsp3) is 0.182. The highest BCUT2D eigenvalue weighted by Gasteiger charge is 2.03. The van der Waals surface area contributed by atoms with Crippen molar-refractivity contribution in [1.29, 1.82) is 0 Å². The lowest BCUT2D eigenvalue weighted by Crippen LogP contribution is -2.24. The molecule has 4 heteroatoms. The van der Waals surface area contributed by atoms with Crippen molar-refractivity contribution in [2.24, 2.45) is 5.10 Å². The molecule has 3 rings (SSSR count). The van der Waals surface area contributed by atoms with Crippen molar-refractivity contribution in [3.8, 4) is 5.75 Å². The van der Waals surface area contributed by atoms with Crippen LogP contribution in [0.3, 0.4) is 0 Å². The van der Waals surface area contributed by atoms with Gasteiger partial charge in [-0.25, -0.2) is 5.43 Å². The summed E-state index contributed by atoms with van der Waals surface area (Å²) >= 11 is 0. The summed E-state index contributed by atoms with van der Waals surface area (Å²) in [5, 5.41) is 6.26. The van der Waals surface area contributed by atoms with Gasteiger partial charge >= 0.3 is 0 Å². The molecule has 4 nitrogen and oxygen atoms in total. The van der Waals surface area contributed by atoms with E-state index < -0.39 is 0 Å². The first-order valence-corrected chi connectivity index (χ1v) is 8.66. The molecular weight excluding hydrogens is 324 g/mol. The molecule has 0 fully saturated rings. The van der Waals surface area contributed by atoms with Gasteiger partial charge in [-0.1, -0.05) is 68.4 Å². The maximum atomic E-state index is 11.9. The van der Waals surface area contributed by atoms with Crippen LogP contribution in [0, 0.1) is 0 Å². The average molecular weight is 346 g/mol. The predicted octanol–water partition coefficient (Wildman–Crippen LogP) is 4.49. The van der Waals surface area contributed by atoms with E-state index >= 15 is 0 Å². The Balaban J connectivity index is 1.54. The maximum absolute atomic E-state index is 11.9. The van der Waals surface area contributed by atoms with Crippen molar-refractivity contribution < 1.29 is 9.53 Å². The number of benzene rings is 3. The molecule has 0 aliphatic carbocycles. The maximum Gasteiger partial charge on any atom is 0.277 e. The second-order valence-electron chi connectivity index (χ2n) is 6.37. The topological polar surface area (TPSA) is 50.7 Å².